The second kappa shape index (κ2) is 4.92. The highest BCUT2D eigenvalue weighted by Crippen LogP contribution is 2.42. The Bertz CT molecular complexity index is 592. The Kier molecular flexibility index (Phi) is 3.44. The molecule has 1 aromatic carbocycles. The molecule has 7 nitrogen and oxygen atoms in total. The fourth-order valence-electron chi connectivity index (χ4n) is 2.21. The maximum atomic E-state index is 12.1. The van der Waals surface area contributed by atoms with E-state index >= 15 is 0 Å². The van der Waals surface area contributed by atoms with Crippen molar-refractivity contribution >= 4 is 23.3 Å². The SMILES string of the molecule is Cc1cc([N+](=O)[O-])ccc1NC(=O)C1(C(=O)O)CCC1. The zero-order valence-corrected chi connectivity index (χ0v) is 10.9. The van der Waals surface area contributed by atoms with Crippen molar-refractivity contribution in [1.82, 2.24) is 0 Å². The average Bonchev–Trinajstić information content (AvgIpc) is 2.29. The van der Waals surface area contributed by atoms with Crippen LogP contribution in [0.3, 0.4) is 0 Å². The molecular formula is C13H14N2O5. The van der Waals surface area contributed by atoms with Gasteiger partial charge in [0.05, 0.1) is 4.92 Å². The summed E-state index contributed by atoms with van der Waals surface area (Å²) >= 11 is 0. The van der Waals surface area contributed by atoms with Crippen LogP contribution < -0.4 is 5.32 Å². The van der Waals surface area contributed by atoms with Crippen molar-refractivity contribution < 1.29 is 19.6 Å². The first-order valence-corrected chi connectivity index (χ1v) is 6.17. The first-order chi connectivity index (χ1) is 9.36. The summed E-state index contributed by atoms with van der Waals surface area (Å²) < 4.78 is 0. The largest absolute Gasteiger partial charge is 0.480 e. The number of carboxylic acid groups (broad SMARTS) is 1. The number of carbonyl (C=O) groups excluding carboxylic acids is 1. The van der Waals surface area contributed by atoms with Crippen molar-refractivity contribution in [2.75, 3.05) is 5.32 Å². The number of carboxylic acids is 1. The topological polar surface area (TPSA) is 110 Å². The molecular weight excluding hydrogens is 264 g/mol. The lowest BCUT2D eigenvalue weighted by Gasteiger charge is -2.35. The van der Waals surface area contributed by atoms with E-state index in [2.05, 4.69) is 5.32 Å². The molecule has 1 aliphatic carbocycles. The van der Waals surface area contributed by atoms with Crippen LogP contribution in [-0.2, 0) is 9.59 Å². The number of hydrogen-bond donors (Lipinski definition) is 2. The summed E-state index contributed by atoms with van der Waals surface area (Å²) in [6, 6.07) is 4.03. The minimum atomic E-state index is -1.35. The highest BCUT2D eigenvalue weighted by atomic mass is 16.6. The highest BCUT2D eigenvalue weighted by Gasteiger charge is 2.51. The fourth-order valence-corrected chi connectivity index (χ4v) is 2.21. The molecule has 1 saturated carbocycles. The number of nitrogens with zero attached hydrogens (tertiary/aromatic N) is 1. The summed E-state index contributed by atoms with van der Waals surface area (Å²) in [6.07, 6.45) is 1.35. The van der Waals surface area contributed by atoms with Crippen LogP contribution in [0.25, 0.3) is 0 Å². The number of hydrogen-bond acceptors (Lipinski definition) is 4. The highest BCUT2D eigenvalue weighted by molar-refractivity contribution is 6.09. The number of benzene rings is 1. The third-order valence-electron chi connectivity index (χ3n) is 3.72. The molecule has 1 aromatic rings. The zero-order valence-electron chi connectivity index (χ0n) is 10.9. The molecule has 0 aliphatic heterocycles. The lowest BCUT2D eigenvalue weighted by Crippen LogP contribution is -2.48. The van der Waals surface area contributed by atoms with Gasteiger partial charge in [0.1, 0.15) is 5.41 Å². The second-order valence-corrected chi connectivity index (χ2v) is 4.95. The van der Waals surface area contributed by atoms with Gasteiger partial charge >= 0.3 is 5.97 Å². The number of anilines is 1. The van der Waals surface area contributed by atoms with Gasteiger partial charge in [-0.2, -0.15) is 0 Å². The molecule has 2 N–H and O–H groups in total. The molecule has 0 radical (unpaired) electrons. The van der Waals surface area contributed by atoms with Crippen LogP contribution in [0.4, 0.5) is 11.4 Å². The molecule has 0 spiro atoms. The van der Waals surface area contributed by atoms with Crippen LogP contribution in [0, 0.1) is 22.5 Å². The van der Waals surface area contributed by atoms with Crippen LogP contribution in [0.5, 0.6) is 0 Å². The van der Waals surface area contributed by atoms with Gasteiger partial charge in [-0.25, -0.2) is 0 Å². The molecule has 1 fully saturated rings. The average molecular weight is 278 g/mol. The van der Waals surface area contributed by atoms with Crippen LogP contribution in [-0.4, -0.2) is 21.9 Å². The minimum Gasteiger partial charge on any atom is -0.480 e. The molecule has 0 heterocycles. The van der Waals surface area contributed by atoms with E-state index in [-0.39, 0.29) is 5.69 Å². The summed E-state index contributed by atoms with van der Waals surface area (Å²) in [4.78, 5) is 33.4. The Morgan fingerprint density at radius 3 is 2.45 bits per heavy atom. The second-order valence-electron chi connectivity index (χ2n) is 4.95. The molecule has 106 valence electrons. The maximum Gasteiger partial charge on any atom is 0.319 e. The van der Waals surface area contributed by atoms with E-state index in [0.717, 1.165) is 0 Å². The van der Waals surface area contributed by atoms with Crippen molar-refractivity contribution in [2.24, 2.45) is 5.41 Å². The maximum absolute atomic E-state index is 12.1. The number of rotatable bonds is 4. The Hall–Kier alpha value is -2.44. The lowest BCUT2D eigenvalue weighted by atomic mass is 9.68. The minimum absolute atomic E-state index is 0.0721. The van der Waals surface area contributed by atoms with Crippen LogP contribution >= 0.6 is 0 Å². The Labute approximate surface area is 114 Å². The molecule has 0 bridgehead atoms. The van der Waals surface area contributed by atoms with Gasteiger partial charge in [0.15, 0.2) is 0 Å². The number of non-ortho nitro benzene ring substituents is 1. The Balaban J connectivity index is 2.20. The predicted octanol–water partition coefficient (Wildman–Crippen LogP) is 2.10. The van der Waals surface area contributed by atoms with Crippen LogP contribution in [0.2, 0.25) is 0 Å². The van der Waals surface area contributed by atoms with Gasteiger partial charge in [-0.15, -0.1) is 0 Å². The van der Waals surface area contributed by atoms with Crippen molar-refractivity contribution in [3.05, 3.63) is 33.9 Å². The van der Waals surface area contributed by atoms with E-state index in [1.165, 1.54) is 18.2 Å². The molecule has 0 saturated heterocycles. The van der Waals surface area contributed by atoms with Gasteiger partial charge in [0, 0.05) is 17.8 Å². The van der Waals surface area contributed by atoms with E-state index < -0.39 is 22.2 Å². The zero-order chi connectivity index (χ0) is 14.9. The number of aliphatic carboxylic acids is 1. The monoisotopic (exact) mass is 278 g/mol. The molecule has 2 rings (SSSR count). The van der Waals surface area contributed by atoms with E-state index in [0.29, 0.717) is 30.5 Å². The van der Waals surface area contributed by atoms with Gasteiger partial charge in [-0.1, -0.05) is 6.42 Å². The van der Waals surface area contributed by atoms with E-state index in [4.69, 9.17) is 5.11 Å². The van der Waals surface area contributed by atoms with Crippen molar-refractivity contribution in [3.63, 3.8) is 0 Å². The third kappa shape index (κ3) is 2.22. The van der Waals surface area contributed by atoms with Gasteiger partial charge in [-0.05, 0) is 31.4 Å². The molecule has 0 unspecified atom stereocenters. The number of carbonyl (C=O) groups is 2. The van der Waals surface area contributed by atoms with Crippen LogP contribution in [0.1, 0.15) is 24.8 Å². The van der Waals surface area contributed by atoms with Gasteiger partial charge in [0.2, 0.25) is 5.91 Å². The quantitative estimate of drug-likeness (QED) is 0.498. The van der Waals surface area contributed by atoms with E-state index in [1.807, 2.05) is 0 Å². The summed E-state index contributed by atoms with van der Waals surface area (Å²) in [5.41, 5.74) is -0.508. The number of aryl methyl sites for hydroxylation is 1. The molecule has 7 heteroatoms. The summed E-state index contributed by atoms with van der Waals surface area (Å²) in [6.45, 7) is 1.62. The molecule has 0 atom stereocenters. The molecule has 1 aliphatic rings. The van der Waals surface area contributed by atoms with Gasteiger partial charge in [0.25, 0.3) is 5.69 Å². The molecule has 0 aromatic heterocycles. The summed E-state index contributed by atoms with van der Waals surface area (Å²) in [5.74, 6) is -1.69. The number of nitro benzene ring substituents is 1. The first kappa shape index (κ1) is 14.0. The first-order valence-electron chi connectivity index (χ1n) is 6.17. The van der Waals surface area contributed by atoms with E-state index in [1.54, 1.807) is 6.92 Å². The van der Waals surface area contributed by atoms with E-state index in [9.17, 15) is 19.7 Å². The van der Waals surface area contributed by atoms with Gasteiger partial charge < -0.3 is 10.4 Å². The summed E-state index contributed by atoms with van der Waals surface area (Å²) in [7, 11) is 0. The van der Waals surface area contributed by atoms with Crippen LogP contribution in [0.15, 0.2) is 18.2 Å². The summed E-state index contributed by atoms with van der Waals surface area (Å²) in [5, 5.41) is 22.4. The van der Waals surface area contributed by atoms with Gasteiger partial charge in [-0.3, -0.25) is 19.7 Å². The van der Waals surface area contributed by atoms with Crippen molar-refractivity contribution in [3.8, 4) is 0 Å². The fraction of sp³-hybridized carbons (Fsp3) is 0.385. The predicted molar refractivity (Wildman–Crippen MR) is 70.4 cm³/mol. The smallest absolute Gasteiger partial charge is 0.319 e. The third-order valence-corrected chi connectivity index (χ3v) is 3.72. The van der Waals surface area contributed by atoms with Crippen molar-refractivity contribution in [2.45, 2.75) is 26.2 Å². The Morgan fingerprint density at radius 1 is 1.40 bits per heavy atom. The number of amides is 1. The standard InChI is InChI=1S/C13H14N2O5/c1-8-7-9(15(19)20)3-4-10(8)14-11(16)13(12(17)18)5-2-6-13/h3-4,7H,2,5-6H2,1H3,(H,14,16)(H,17,18). The molecule has 20 heavy (non-hydrogen) atoms. The number of nitro groups is 1. The lowest BCUT2D eigenvalue weighted by molar-refractivity contribution is -0.384. The van der Waals surface area contributed by atoms with Crippen molar-refractivity contribution in [1.29, 1.82) is 0 Å². The number of nitrogens with one attached hydrogen (secondary N) is 1. The molecule has 1 amide bonds. The Morgan fingerprint density at radius 2 is 2.05 bits per heavy atom. The normalized spacial score (nSPS) is 16.1.